The monoisotopic (exact) mass is 214 g/mol. The highest BCUT2D eigenvalue weighted by molar-refractivity contribution is 5.89. The van der Waals surface area contributed by atoms with Gasteiger partial charge in [0.1, 0.15) is 6.61 Å². The lowest BCUT2D eigenvalue weighted by Crippen LogP contribution is -2.50. The molecule has 0 aromatic heterocycles. The lowest BCUT2D eigenvalue weighted by molar-refractivity contribution is -0.144. The smallest absolute Gasteiger partial charge is 0.364 e. The summed E-state index contributed by atoms with van der Waals surface area (Å²) in [5, 5.41) is 11.4. The number of nitrogens with zero attached hydrogens (tertiary/aromatic N) is 1. The van der Waals surface area contributed by atoms with Gasteiger partial charge in [0.2, 0.25) is 0 Å². The molecule has 0 aliphatic rings. The normalized spacial score (nSPS) is 13.5. The highest BCUT2D eigenvalue weighted by atomic mass is 16.5. The van der Waals surface area contributed by atoms with E-state index in [1.54, 1.807) is 6.92 Å². The molecule has 0 saturated carbocycles. The van der Waals surface area contributed by atoms with E-state index in [1.807, 2.05) is 0 Å². The first-order valence-corrected chi connectivity index (χ1v) is 4.43. The molecule has 1 unspecified atom stereocenters. The third kappa shape index (κ3) is 3.56. The predicted octanol–water partition coefficient (Wildman–Crippen LogP) is -0.664. The number of aliphatic hydroxyl groups is 1. The topological polar surface area (TPSA) is 80.0 Å². The van der Waals surface area contributed by atoms with Crippen LogP contribution in [0.4, 0.5) is 0 Å². The number of aliphatic hydroxyl groups excluding tert-OH is 1. The maximum atomic E-state index is 11.5. The molecule has 0 saturated heterocycles. The number of nitrogens with one attached hydrogen (secondary N) is 1. The molecule has 0 radical (unpaired) electrons. The van der Waals surface area contributed by atoms with Crippen LogP contribution in [0.25, 0.3) is 4.85 Å². The largest absolute Gasteiger partial charge is 0.456 e. The maximum absolute atomic E-state index is 11.5. The summed E-state index contributed by atoms with van der Waals surface area (Å²) in [4.78, 5) is 25.1. The molecule has 0 rings (SSSR count). The van der Waals surface area contributed by atoms with Gasteiger partial charge in [-0.25, -0.2) is 6.57 Å². The second-order valence-electron chi connectivity index (χ2n) is 2.94. The molecule has 0 aromatic carbocycles. The van der Waals surface area contributed by atoms with E-state index < -0.39 is 30.6 Å². The number of hydrogen-bond donors (Lipinski definition) is 2. The number of esters is 1. The molecule has 6 heteroatoms. The second kappa shape index (κ2) is 5.98. The fourth-order valence-corrected chi connectivity index (χ4v) is 0.848. The van der Waals surface area contributed by atoms with Gasteiger partial charge in [-0.15, -0.1) is 0 Å². The van der Waals surface area contributed by atoms with Crippen molar-refractivity contribution in [1.29, 1.82) is 0 Å². The van der Waals surface area contributed by atoms with Crippen molar-refractivity contribution >= 4 is 11.9 Å². The van der Waals surface area contributed by atoms with Crippen molar-refractivity contribution in [3.63, 3.8) is 0 Å². The molecule has 2 N–H and O–H groups in total. The van der Waals surface area contributed by atoms with E-state index in [-0.39, 0.29) is 0 Å². The van der Waals surface area contributed by atoms with Crippen LogP contribution in [0, 0.1) is 6.57 Å². The van der Waals surface area contributed by atoms with Crippen LogP contribution in [0.5, 0.6) is 0 Å². The van der Waals surface area contributed by atoms with E-state index in [9.17, 15) is 9.59 Å². The summed E-state index contributed by atoms with van der Waals surface area (Å²) in [6.07, 6.45) is 0. The fraction of sp³-hybridized carbons (Fsp3) is 0.667. The SMILES string of the molecule is [C-]#[N+]C(CO)(COC(C)=O)C(=O)NCC. The fourth-order valence-electron chi connectivity index (χ4n) is 0.848. The van der Waals surface area contributed by atoms with E-state index in [0.717, 1.165) is 0 Å². The first-order chi connectivity index (χ1) is 7.02. The van der Waals surface area contributed by atoms with E-state index in [2.05, 4.69) is 14.9 Å². The molecular weight excluding hydrogens is 200 g/mol. The second-order valence-corrected chi connectivity index (χ2v) is 2.94. The maximum Gasteiger partial charge on any atom is 0.364 e. The molecule has 0 heterocycles. The van der Waals surface area contributed by atoms with Crippen LogP contribution in [0.1, 0.15) is 13.8 Å². The molecule has 6 nitrogen and oxygen atoms in total. The number of carbonyl (C=O) groups excluding carboxylic acids is 2. The molecule has 0 fully saturated rings. The Hall–Kier alpha value is -1.61. The van der Waals surface area contributed by atoms with Crippen molar-refractivity contribution in [2.24, 2.45) is 0 Å². The summed E-state index contributed by atoms with van der Waals surface area (Å²) in [5.41, 5.74) is -1.72. The van der Waals surface area contributed by atoms with E-state index >= 15 is 0 Å². The molecule has 84 valence electrons. The minimum Gasteiger partial charge on any atom is -0.456 e. The number of hydrogen-bond acceptors (Lipinski definition) is 4. The van der Waals surface area contributed by atoms with Crippen molar-refractivity contribution in [2.75, 3.05) is 19.8 Å². The number of rotatable bonds is 5. The molecule has 0 aliphatic carbocycles. The van der Waals surface area contributed by atoms with Crippen LogP contribution in [-0.4, -0.2) is 42.3 Å². The average Bonchev–Trinajstić information content (AvgIpc) is 2.20. The number of ether oxygens (including phenoxy) is 1. The van der Waals surface area contributed by atoms with Crippen LogP contribution in [0.15, 0.2) is 0 Å². The van der Waals surface area contributed by atoms with Crippen LogP contribution in [0.2, 0.25) is 0 Å². The predicted molar refractivity (Wildman–Crippen MR) is 51.7 cm³/mol. The lowest BCUT2D eigenvalue weighted by Gasteiger charge is -2.17. The van der Waals surface area contributed by atoms with Crippen molar-refractivity contribution < 1.29 is 19.4 Å². The van der Waals surface area contributed by atoms with Gasteiger partial charge in [0.05, 0.1) is 0 Å². The Morgan fingerprint density at radius 1 is 1.60 bits per heavy atom. The standard InChI is InChI=1S/C9H14N2O4/c1-4-11-8(14)9(5-12,10-3)6-15-7(2)13/h12H,4-6H2,1-2H3,(H,11,14). The van der Waals surface area contributed by atoms with Gasteiger partial charge in [0.25, 0.3) is 0 Å². The van der Waals surface area contributed by atoms with Crippen LogP contribution in [-0.2, 0) is 14.3 Å². The zero-order valence-electron chi connectivity index (χ0n) is 8.74. The van der Waals surface area contributed by atoms with Gasteiger partial charge in [-0.1, -0.05) is 0 Å². The molecule has 15 heavy (non-hydrogen) atoms. The molecular formula is C9H14N2O4. The summed E-state index contributed by atoms with van der Waals surface area (Å²) in [7, 11) is 0. The van der Waals surface area contributed by atoms with Crippen molar-refractivity contribution in [2.45, 2.75) is 19.4 Å². The zero-order valence-corrected chi connectivity index (χ0v) is 8.74. The summed E-state index contributed by atoms with van der Waals surface area (Å²) >= 11 is 0. The minimum atomic E-state index is -1.72. The number of amides is 1. The molecule has 0 aromatic rings. The molecule has 0 aliphatic heterocycles. The summed E-state index contributed by atoms with van der Waals surface area (Å²) in [6, 6.07) is 0. The van der Waals surface area contributed by atoms with Crippen molar-refractivity contribution in [3.05, 3.63) is 11.4 Å². The van der Waals surface area contributed by atoms with Crippen LogP contribution >= 0.6 is 0 Å². The van der Waals surface area contributed by atoms with Gasteiger partial charge in [-0.2, -0.15) is 0 Å². The number of carbonyl (C=O) groups is 2. The molecule has 1 atom stereocenters. The summed E-state index contributed by atoms with van der Waals surface area (Å²) in [5.74, 6) is -1.23. The third-order valence-electron chi connectivity index (χ3n) is 1.75. The minimum absolute atomic E-state index is 0.343. The van der Waals surface area contributed by atoms with E-state index in [1.165, 1.54) is 6.92 Å². The first kappa shape index (κ1) is 13.4. The van der Waals surface area contributed by atoms with Crippen molar-refractivity contribution in [3.8, 4) is 0 Å². The quantitative estimate of drug-likeness (QED) is 0.470. The molecule has 0 spiro atoms. The van der Waals surface area contributed by atoms with E-state index in [4.69, 9.17) is 11.7 Å². The first-order valence-electron chi connectivity index (χ1n) is 4.43. The summed E-state index contributed by atoms with van der Waals surface area (Å²) < 4.78 is 4.58. The molecule has 0 bridgehead atoms. The van der Waals surface area contributed by atoms with E-state index in [0.29, 0.717) is 6.54 Å². The average molecular weight is 214 g/mol. The van der Waals surface area contributed by atoms with Crippen LogP contribution in [0.3, 0.4) is 0 Å². The van der Waals surface area contributed by atoms with Gasteiger partial charge >= 0.3 is 17.4 Å². The Morgan fingerprint density at radius 3 is 2.53 bits per heavy atom. The zero-order chi connectivity index (χ0) is 11.9. The molecule has 1 amide bonds. The van der Waals surface area contributed by atoms with Gasteiger partial charge in [-0.05, 0) is 6.92 Å². The highest BCUT2D eigenvalue weighted by Gasteiger charge is 2.46. The van der Waals surface area contributed by atoms with Gasteiger partial charge in [-0.3, -0.25) is 14.4 Å². The highest BCUT2D eigenvalue weighted by Crippen LogP contribution is 2.11. The van der Waals surface area contributed by atoms with Gasteiger partial charge in [0, 0.05) is 13.5 Å². The van der Waals surface area contributed by atoms with Crippen LogP contribution < -0.4 is 5.32 Å². The van der Waals surface area contributed by atoms with Gasteiger partial charge < -0.3 is 15.2 Å². The van der Waals surface area contributed by atoms with Crippen molar-refractivity contribution in [1.82, 2.24) is 5.32 Å². The third-order valence-corrected chi connectivity index (χ3v) is 1.75. The number of likely N-dealkylation sites (N-methyl/N-ethyl adjacent to an activating group) is 1. The Balaban J connectivity index is 4.65. The Labute approximate surface area is 88.0 Å². The summed E-state index contributed by atoms with van der Waals surface area (Å²) in [6.45, 7) is 8.96. The Morgan fingerprint density at radius 2 is 2.20 bits per heavy atom. The Bertz CT molecular complexity index is 284. The Kier molecular flexibility index (Phi) is 5.34. The lowest BCUT2D eigenvalue weighted by atomic mass is 10.0. The van der Waals surface area contributed by atoms with Gasteiger partial charge in [0.15, 0.2) is 6.61 Å².